The van der Waals surface area contributed by atoms with Crippen molar-refractivity contribution in [1.29, 1.82) is 0 Å². The van der Waals surface area contributed by atoms with Crippen LogP contribution in [0.1, 0.15) is 19.3 Å². The predicted octanol–water partition coefficient (Wildman–Crippen LogP) is 3.88. The van der Waals surface area contributed by atoms with Gasteiger partial charge in [-0.3, -0.25) is 0 Å². The largest absolute Gasteiger partial charge is 0.181 e. The van der Waals surface area contributed by atoms with Crippen LogP contribution in [0.25, 0.3) is 0 Å². The molecule has 2 heteroatoms. The van der Waals surface area contributed by atoms with Crippen LogP contribution in [-0.4, -0.2) is 6.04 Å². The third-order valence-corrected chi connectivity index (χ3v) is 2.31. The zero-order valence-electron chi connectivity index (χ0n) is 8.13. The highest BCUT2D eigenvalue weighted by atomic mass is 15.1. The standard InChI is InChI=1S/C12H14N2/c1-3-7-11(8-4-1)13-14-12-9-5-2-6-10-12/h1,3-5,7-9,12H,2,6,10H2. The Balaban J connectivity index is 1.99. The summed E-state index contributed by atoms with van der Waals surface area (Å²) in [7, 11) is 0. The molecule has 0 saturated heterocycles. The zero-order chi connectivity index (χ0) is 9.64. The van der Waals surface area contributed by atoms with Gasteiger partial charge in [0.1, 0.15) is 0 Å². The van der Waals surface area contributed by atoms with Gasteiger partial charge in [0.25, 0.3) is 0 Å². The summed E-state index contributed by atoms with van der Waals surface area (Å²) in [5, 5.41) is 8.50. The lowest BCUT2D eigenvalue weighted by molar-refractivity contribution is 0.626. The van der Waals surface area contributed by atoms with Crippen LogP contribution >= 0.6 is 0 Å². The van der Waals surface area contributed by atoms with E-state index >= 15 is 0 Å². The highest BCUT2D eigenvalue weighted by Crippen LogP contribution is 2.17. The van der Waals surface area contributed by atoms with Gasteiger partial charge in [0, 0.05) is 0 Å². The summed E-state index contributed by atoms with van der Waals surface area (Å²) in [6.07, 6.45) is 7.90. The molecule has 0 aliphatic heterocycles. The number of azo groups is 1. The highest BCUT2D eigenvalue weighted by molar-refractivity contribution is 5.34. The van der Waals surface area contributed by atoms with Gasteiger partial charge in [-0.05, 0) is 31.4 Å². The predicted molar refractivity (Wildman–Crippen MR) is 57.7 cm³/mol. The van der Waals surface area contributed by atoms with Crippen LogP contribution in [0.5, 0.6) is 0 Å². The summed E-state index contributed by atoms with van der Waals surface area (Å²) in [5.74, 6) is 0. The molecule has 0 spiro atoms. The monoisotopic (exact) mass is 186 g/mol. The molecule has 1 aliphatic carbocycles. The molecule has 1 unspecified atom stereocenters. The first kappa shape index (κ1) is 9.13. The molecule has 1 aromatic rings. The Labute approximate surface area is 84.4 Å². The van der Waals surface area contributed by atoms with Crippen LogP contribution in [0.15, 0.2) is 52.7 Å². The lowest BCUT2D eigenvalue weighted by Crippen LogP contribution is -2.02. The van der Waals surface area contributed by atoms with Gasteiger partial charge in [0.15, 0.2) is 0 Å². The fraction of sp³-hybridized carbons (Fsp3) is 0.333. The van der Waals surface area contributed by atoms with Crippen molar-refractivity contribution in [3.05, 3.63) is 42.5 Å². The normalized spacial score (nSPS) is 21.6. The van der Waals surface area contributed by atoms with Crippen molar-refractivity contribution in [3.8, 4) is 0 Å². The summed E-state index contributed by atoms with van der Waals surface area (Å²) in [4.78, 5) is 0. The van der Waals surface area contributed by atoms with Gasteiger partial charge in [-0.15, -0.1) is 0 Å². The van der Waals surface area contributed by atoms with Crippen molar-refractivity contribution in [2.75, 3.05) is 0 Å². The fourth-order valence-corrected chi connectivity index (χ4v) is 1.53. The number of benzene rings is 1. The maximum atomic E-state index is 4.29. The molecule has 1 atom stereocenters. The lowest BCUT2D eigenvalue weighted by atomic mass is 10.0. The quantitative estimate of drug-likeness (QED) is 0.494. The first-order valence-corrected chi connectivity index (χ1v) is 5.08. The van der Waals surface area contributed by atoms with Crippen LogP contribution in [0.2, 0.25) is 0 Å². The second kappa shape index (κ2) is 4.70. The Kier molecular flexibility index (Phi) is 3.06. The van der Waals surface area contributed by atoms with Crippen molar-refractivity contribution in [3.63, 3.8) is 0 Å². The minimum absolute atomic E-state index is 0.295. The van der Waals surface area contributed by atoms with Crippen LogP contribution < -0.4 is 0 Å². The summed E-state index contributed by atoms with van der Waals surface area (Å²) < 4.78 is 0. The molecule has 2 rings (SSSR count). The van der Waals surface area contributed by atoms with Gasteiger partial charge in [0.05, 0.1) is 11.7 Å². The molecule has 0 N–H and O–H groups in total. The van der Waals surface area contributed by atoms with E-state index in [2.05, 4.69) is 22.4 Å². The number of nitrogens with zero attached hydrogens (tertiary/aromatic N) is 2. The number of hydrogen-bond acceptors (Lipinski definition) is 2. The highest BCUT2D eigenvalue weighted by Gasteiger charge is 2.05. The molecule has 0 aromatic heterocycles. The SMILES string of the molecule is C1=CC(N=Nc2ccccc2)CCC1. The van der Waals surface area contributed by atoms with Gasteiger partial charge >= 0.3 is 0 Å². The van der Waals surface area contributed by atoms with Gasteiger partial charge in [-0.25, -0.2) is 0 Å². The van der Waals surface area contributed by atoms with E-state index in [1.165, 1.54) is 12.8 Å². The van der Waals surface area contributed by atoms with E-state index in [1.54, 1.807) is 0 Å². The maximum Gasteiger partial charge on any atom is 0.0893 e. The first-order valence-electron chi connectivity index (χ1n) is 5.08. The minimum atomic E-state index is 0.295. The van der Waals surface area contributed by atoms with E-state index in [4.69, 9.17) is 0 Å². The average Bonchev–Trinajstić information content (AvgIpc) is 2.29. The molecule has 1 aliphatic rings. The molecule has 0 amide bonds. The fourth-order valence-electron chi connectivity index (χ4n) is 1.53. The van der Waals surface area contributed by atoms with E-state index < -0.39 is 0 Å². The molecule has 0 radical (unpaired) electrons. The third-order valence-electron chi connectivity index (χ3n) is 2.31. The van der Waals surface area contributed by atoms with Crippen LogP contribution in [0.3, 0.4) is 0 Å². The minimum Gasteiger partial charge on any atom is -0.181 e. The third kappa shape index (κ3) is 2.52. The summed E-state index contributed by atoms with van der Waals surface area (Å²) in [5.41, 5.74) is 0.937. The Morgan fingerprint density at radius 1 is 1.14 bits per heavy atom. The topological polar surface area (TPSA) is 24.7 Å². The van der Waals surface area contributed by atoms with Gasteiger partial charge in [-0.1, -0.05) is 30.4 Å². The molecule has 72 valence electrons. The van der Waals surface area contributed by atoms with Crippen molar-refractivity contribution < 1.29 is 0 Å². The lowest BCUT2D eigenvalue weighted by Gasteiger charge is -2.09. The number of hydrogen-bond donors (Lipinski definition) is 0. The van der Waals surface area contributed by atoms with Crippen LogP contribution in [0.4, 0.5) is 5.69 Å². The van der Waals surface area contributed by atoms with Crippen molar-refractivity contribution in [2.45, 2.75) is 25.3 Å². The van der Waals surface area contributed by atoms with E-state index in [9.17, 15) is 0 Å². The van der Waals surface area contributed by atoms with Gasteiger partial charge in [-0.2, -0.15) is 10.2 Å². The van der Waals surface area contributed by atoms with Crippen molar-refractivity contribution in [1.82, 2.24) is 0 Å². The van der Waals surface area contributed by atoms with Gasteiger partial charge < -0.3 is 0 Å². The Hall–Kier alpha value is -1.44. The second-order valence-corrected chi connectivity index (χ2v) is 3.48. The number of allylic oxidation sites excluding steroid dienone is 1. The molecule has 0 saturated carbocycles. The summed E-state index contributed by atoms with van der Waals surface area (Å²) in [6, 6.07) is 10.2. The first-order chi connectivity index (χ1) is 6.95. The smallest absolute Gasteiger partial charge is 0.0893 e. The van der Waals surface area contributed by atoms with Crippen molar-refractivity contribution in [2.24, 2.45) is 10.2 Å². The van der Waals surface area contributed by atoms with E-state index in [0.29, 0.717) is 6.04 Å². The van der Waals surface area contributed by atoms with Gasteiger partial charge in [0.2, 0.25) is 0 Å². The molecule has 0 bridgehead atoms. The summed E-state index contributed by atoms with van der Waals surface area (Å²) >= 11 is 0. The molecular formula is C12H14N2. The molecule has 2 nitrogen and oxygen atoms in total. The van der Waals surface area contributed by atoms with Crippen LogP contribution in [0, 0.1) is 0 Å². The molecule has 0 fully saturated rings. The Morgan fingerprint density at radius 2 is 2.00 bits per heavy atom. The summed E-state index contributed by atoms with van der Waals surface area (Å²) in [6.45, 7) is 0. The molecule has 1 aromatic carbocycles. The Morgan fingerprint density at radius 3 is 2.71 bits per heavy atom. The molecule has 14 heavy (non-hydrogen) atoms. The maximum absolute atomic E-state index is 4.29. The van der Waals surface area contributed by atoms with E-state index in [-0.39, 0.29) is 0 Å². The molecule has 0 heterocycles. The van der Waals surface area contributed by atoms with E-state index in [0.717, 1.165) is 12.1 Å². The molecular weight excluding hydrogens is 172 g/mol. The number of rotatable bonds is 2. The average molecular weight is 186 g/mol. The zero-order valence-corrected chi connectivity index (χ0v) is 8.13. The Bertz CT molecular complexity index is 327. The second-order valence-electron chi connectivity index (χ2n) is 3.48. The van der Waals surface area contributed by atoms with E-state index in [1.807, 2.05) is 30.3 Å². The van der Waals surface area contributed by atoms with Crippen molar-refractivity contribution >= 4 is 5.69 Å². The van der Waals surface area contributed by atoms with Crippen LogP contribution in [-0.2, 0) is 0 Å².